The minimum Gasteiger partial charge on any atom is -0.469 e. The van der Waals surface area contributed by atoms with Crippen LogP contribution >= 0.6 is 0 Å². The maximum atomic E-state index is 12.1. The van der Waals surface area contributed by atoms with Crippen molar-refractivity contribution in [2.24, 2.45) is 5.41 Å². The Labute approximate surface area is 97.2 Å². The molecule has 0 amide bonds. The molecule has 3 heteroatoms. The molecular weight excluding hydrogens is 204 g/mol. The molecule has 0 spiro atoms. The number of carbonyl (C=O) groups is 1. The largest absolute Gasteiger partial charge is 0.469 e. The lowest BCUT2D eigenvalue weighted by Gasteiger charge is -2.50. The van der Waals surface area contributed by atoms with Gasteiger partial charge in [-0.3, -0.25) is 4.79 Å². The van der Waals surface area contributed by atoms with Crippen molar-refractivity contribution in [1.29, 1.82) is 0 Å². The van der Waals surface area contributed by atoms with E-state index in [1.165, 1.54) is 20.0 Å². The van der Waals surface area contributed by atoms with Gasteiger partial charge in [-0.2, -0.15) is 0 Å². The maximum Gasteiger partial charge on any atom is 0.314 e. The van der Waals surface area contributed by atoms with Crippen LogP contribution in [-0.4, -0.2) is 23.8 Å². The molecule has 2 saturated carbocycles. The zero-order chi connectivity index (χ0) is 11.6. The maximum absolute atomic E-state index is 12.1. The molecule has 0 aliphatic heterocycles. The molecule has 0 aromatic carbocycles. The molecule has 2 aliphatic rings. The standard InChI is InChI=1S/C13H22O3/c1-16-11(14)12(13(15)9-6-10-13)7-4-2-3-5-8-12/h15H,2-10H2,1H3. The summed E-state index contributed by atoms with van der Waals surface area (Å²) in [5.41, 5.74) is -1.37. The Morgan fingerprint density at radius 3 is 1.94 bits per heavy atom. The molecule has 0 atom stereocenters. The number of ether oxygens (including phenoxy) is 1. The fourth-order valence-electron chi connectivity index (χ4n) is 3.38. The molecule has 92 valence electrons. The van der Waals surface area contributed by atoms with Crippen molar-refractivity contribution in [3.63, 3.8) is 0 Å². The van der Waals surface area contributed by atoms with Crippen LogP contribution in [0.2, 0.25) is 0 Å². The highest BCUT2D eigenvalue weighted by Crippen LogP contribution is 2.53. The summed E-state index contributed by atoms with van der Waals surface area (Å²) >= 11 is 0. The van der Waals surface area contributed by atoms with E-state index in [0.717, 1.165) is 44.9 Å². The monoisotopic (exact) mass is 226 g/mol. The summed E-state index contributed by atoms with van der Waals surface area (Å²) in [5.74, 6) is -0.184. The Hall–Kier alpha value is -0.570. The second kappa shape index (κ2) is 4.36. The van der Waals surface area contributed by atoms with E-state index in [2.05, 4.69) is 0 Å². The molecule has 0 radical (unpaired) electrons. The van der Waals surface area contributed by atoms with E-state index in [1.807, 2.05) is 0 Å². The lowest BCUT2D eigenvalue weighted by atomic mass is 9.58. The summed E-state index contributed by atoms with van der Waals surface area (Å²) in [4.78, 5) is 12.1. The van der Waals surface area contributed by atoms with Crippen molar-refractivity contribution in [3.8, 4) is 0 Å². The molecule has 0 saturated heterocycles. The van der Waals surface area contributed by atoms with Gasteiger partial charge >= 0.3 is 5.97 Å². The average Bonchev–Trinajstić information content (AvgIpc) is 2.51. The zero-order valence-electron chi connectivity index (χ0n) is 10.1. The van der Waals surface area contributed by atoms with Crippen LogP contribution in [-0.2, 0) is 9.53 Å². The number of hydrogen-bond donors (Lipinski definition) is 1. The van der Waals surface area contributed by atoms with Gasteiger partial charge in [0.1, 0.15) is 0 Å². The number of carbonyl (C=O) groups excluding carboxylic acids is 1. The lowest BCUT2D eigenvalue weighted by Crippen LogP contribution is -2.57. The van der Waals surface area contributed by atoms with Gasteiger partial charge in [-0.05, 0) is 32.1 Å². The minimum atomic E-state index is -0.773. The Morgan fingerprint density at radius 1 is 1.00 bits per heavy atom. The van der Waals surface area contributed by atoms with E-state index >= 15 is 0 Å². The third-order valence-corrected chi connectivity index (χ3v) is 4.60. The predicted molar refractivity (Wildman–Crippen MR) is 61.0 cm³/mol. The molecule has 0 aromatic rings. The first kappa shape index (κ1) is 11.9. The number of aliphatic hydroxyl groups is 1. The van der Waals surface area contributed by atoms with Crippen molar-refractivity contribution < 1.29 is 14.6 Å². The number of hydrogen-bond acceptors (Lipinski definition) is 3. The summed E-state index contributed by atoms with van der Waals surface area (Å²) in [6.45, 7) is 0. The van der Waals surface area contributed by atoms with E-state index in [0.29, 0.717) is 0 Å². The highest BCUT2D eigenvalue weighted by Gasteiger charge is 2.58. The van der Waals surface area contributed by atoms with E-state index in [1.54, 1.807) is 0 Å². The van der Waals surface area contributed by atoms with Crippen LogP contribution < -0.4 is 0 Å². The van der Waals surface area contributed by atoms with Gasteiger partial charge in [0.2, 0.25) is 0 Å². The van der Waals surface area contributed by atoms with Crippen LogP contribution in [0.25, 0.3) is 0 Å². The van der Waals surface area contributed by atoms with Crippen molar-refractivity contribution in [2.45, 2.75) is 63.4 Å². The summed E-state index contributed by atoms with van der Waals surface area (Å²) in [7, 11) is 1.44. The SMILES string of the molecule is COC(=O)C1(C2(O)CCC2)CCCCCC1. The van der Waals surface area contributed by atoms with Gasteiger partial charge in [-0.1, -0.05) is 25.7 Å². The van der Waals surface area contributed by atoms with Crippen LogP contribution in [0, 0.1) is 5.41 Å². The molecule has 0 heterocycles. The molecule has 16 heavy (non-hydrogen) atoms. The van der Waals surface area contributed by atoms with Gasteiger partial charge in [0, 0.05) is 0 Å². The molecule has 3 nitrogen and oxygen atoms in total. The molecule has 0 unspecified atom stereocenters. The fraction of sp³-hybridized carbons (Fsp3) is 0.923. The van der Waals surface area contributed by atoms with Crippen LogP contribution in [0.3, 0.4) is 0 Å². The molecule has 0 bridgehead atoms. The van der Waals surface area contributed by atoms with Crippen LogP contribution in [0.4, 0.5) is 0 Å². The van der Waals surface area contributed by atoms with Gasteiger partial charge < -0.3 is 9.84 Å². The van der Waals surface area contributed by atoms with E-state index < -0.39 is 11.0 Å². The molecule has 2 fully saturated rings. The first-order valence-electron chi connectivity index (χ1n) is 6.45. The summed E-state index contributed by atoms with van der Waals surface area (Å²) in [6, 6.07) is 0. The quantitative estimate of drug-likeness (QED) is 0.581. The molecular formula is C13H22O3. The number of methoxy groups -OCH3 is 1. The van der Waals surface area contributed by atoms with Gasteiger partial charge in [0.25, 0.3) is 0 Å². The Balaban J connectivity index is 2.26. The summed E-state index contributed by atoms with van der Waals surface area (Å²) < 4.78 is 4.97. The van der Waals surface area contributed by atoms with Crippen molar-refractivity contribution in [3.05, 3.63) is 0 Å². The van der Waals surface area contributed by atoms with Crippen molar-refractivity contribution in [1.82, 2.24) is 0 Å². The second-order valence-corrected chi connectivity index (χ2v) is 5.37. The van der Waals surface area contributed by atoms with E-state index in [9.17, 15) is 9.90 Å². The Bertz CT molecular complexity index is 260. The predicted octanol–water partition coefficient (Wildman–Crippen LogP) is 2.42. The molecule has 0 aromatic heterocycles. The van der Waals surface area contributed by atoms with Gasteiger partial charge in [0.15, 0.2) is 0 Å². The van der Waals surface area contributed by atoms with Gasteiger partial charge in [0.05, 0.1) is 18.1 Å². The third-order valence-electron chi connectivity index (χ3n) is 4.60. The van der Waals surface area contributed by atoms with Crippen molar-refractivity contribution in [2.75, 3.05) is 7.11 Å². The average molecular weight is 226 g/mol. The Kier molecular flexibility index (Phi) is 3.24. The first-order chi connectivity index (χ1) is 7.65. The number of esters is 1. The van der Waals surface area contributed by atoms with E-state index in [4.69, 9.17) is 4.74 Å². The lowest BCUT2D eigenvalue weighted by molar-refractivity contribution is -0.191. The second-order valence-electron chi connectivity index (χ2n) is 5.37. The van der Waals surface area contributed by atoms with Crippen LogP contribution in [0.5, 0.6) is 0 Å². The zero-order valence-corrected chi connectivity index (χ0v) is 10.1. The smallest absolute Gasteiger partial charge is 0.314 e. The highest BCUT2D eigenvalue weighted by molar-refractivity contribution is 5.78. The fourth-order valence-corrected chi connectivity index (χ4v) is 3.38. The first-order valence-corrected chi connectivity index (χ1v) is 6.45. The van der Waals surface area contributed by atoms with E-state index in [-0.39, 0.29) is 5.97 Å². The minimum absolute atomic E-state index is 0.184. The molecule has 2 rings (SSSR count). The molecule has 2 aliphatic carbocycles. The normalized spacial score (nSPS) is 27.6. The summed E-state index contributed by atoms with van der Waals surface area (Å²) in [6.07, 6.45) is 8.60. The van der Waals surface area contributed by atoms with Crippen LogP contribution in [0.15, 0.2) is 0 Å². The summed E-state index contributed by atoms with van der Waals surface area (Å²) in [5, 5.41) is 10.6. The van der Waals surface area contributed by atoms with Gasteiger partial charge in [-0.15, -0.1) is 0 Å². The number of rotatable bonds is 2. The van der Waals surface area contributed by atoms with Gasteiger partial charge in [-0.25, -0.2) is 0 Å². The third kappa shape index (κ3) is 1.65. The topological polar surface area (TPSA) is 46.5 Å². The highest BCUT2D eigenvalue weighted by atomic mass is 16.5. The van der Waals surface area contributed by atoms with Crippen LogP contribution in [0.1, 0.15) is 57.8 Å². The Morgan fingerprint density at radius 2 is 1.56 bits per heavy atom. The molecule has 1 N–H and O–H groups in total. The van der Waals surface area contributed by atoms with Crippen molar-refractivity contribution >= 4 is 5.97 Å².